The molecule has 7 heteroatoms. The zero-order valence-electron chi connectivity index (χ0n) is 21.1. The first kappa shape index (κ1) is 28.1. The third-order valence-corrected chi connectivity index (χ3v) is 8.74. The molecule has 0 saturated carbocycles. The molecule has 1 aliphatic rings. The van der Waals surface area contributed by atoms with E-state index in [-0.39, 0.29) is 17.6 Å². The minimum atomic E-state index is -0.878. The largest absolute Gasteiger partial charge is 0.457 e. The lowest BCUT2D eigenvalue weighted by molar-refractivity contribution is -0.149. The van der Waals surface area contributed by atoms with Gasteiger partial charge in [0.25, 0.3) is 0 Å². The number of aliphatic hydroxyl groups excluding tert-OH is 2. The van der Waals surface area contributed by atoms with Gasteiger partial charge < -0.3 is 14.9 Å². The van der Waals surface area contributed by atoms with E-state index in [0.29, 0.717) is 6.42 Å². The second kappa shape index (κ2) is 12.5. The highest BCUT2D eigenvalue weighted by atomic mass is 32.2. The molecule has 5 atom stereocenters. The van der Waals surface area contributed by atoms with Crippen molar-refractivity contribution >= 4 is 35.1 Å². The third-order valence-electron chi connectivity index (χ3n) is 6.42. The molecule has 0 spiro atoms. The molecule has 33 heavy (non-hydrogen) atoms. The fraction of sp³-hybridized carbons (Fsp3) is 0.692. The molecule has 0 aliphatic carbocycles. The molecule has 5 nitrogen and oxygen atoms in total. The number of aliphatic hydroxyl groups is 2. The van der Waals surface area contributed by atoms with Crippen molar-refractivity contribution in [2.75, 3.05) is 0 Å². The van der Waals surface area contributed by atoms with Crippen molar-refractivity contribution in [3.63, 3.8) is 0 Å². The van der Waals surface area contributed by atoms with Gasteiger partial charge in [-0.3, -0.25) is 4.79 Å². The first-order valence-corrected chi connectivity index (χ1v) is 13.6. The van der Waals surface area contributed by atoms with Crippen molar-refractivity contribution in [1.82, 2.24) is 4.98 Å². The molecular weight excluding hydrogens is 454 g/mol. The van der Waals surface area contributed by atoms with E-state index < -0.39 is 29.0 Å². The summed E-state index contributed by atoms with van der Waals surface area (Å²) in [5.74, 6) is -0.242. The summed E-state index contributed by atoms with van der Waals surface area (Å²) in [7, 11) is 0. The number of thiazole rings is 1. The molecule has 0 fully saturated rings. The minimum Gasteiger partial charge on any atom is -0.457 e. The van der Waals surface area contributed by atoms with E-state index in [2.05, 4.69) is 24.9 Å². The summed E-state index contributed by atoms with van der Waals surface area (Å²) in [5.41, 5.74) is 3.07. The van der Waals surface area contributed by atoms with Crippen LogP contribution >= 0.6 is 23.1 Å². The molecule has 0 amide bonds. The standard InChI is InChI=1S/C26H41NO4S2/c1-16-9-8-10-17(2)25(30)19(4)33-26(6,7)23(28)14-24(29)31-22(12-11-16)18(3)13-21-15-32-20(5)27-21/h11,13,15,17,19,22-23,25,28,30H,8-10,12,14H2,1-7H3/b16-11-,18-13+/t17-,19?,22-,23?,25?/m0/s1. The topological polar surface area (TPSA) is 79.7 Å². The summed E-state index contributed by atoms with van der Waals surface area (Å²) < 4.78 is 5.28. The molecule has 2 N–H and O–H groups in total. The highest BCUT2D eigenvalue weighted by molar-refractivity contribution is 8.01. The van der Waals surface area contributed by atoms with Crippen LogP contribution in [0.3, 0.4) is 0 Å². The number of hydrogen-bond donors (Lipinski definition) is 2. The maximum absolute atomic E-state index is 12.8. The molecule has 0 aromatic carbocycles. The summed E-state index contributed by atoms with van der Waals surface area (Å²) in [6, 6.07) is 0. The van der Waals surface area contributed by atoms with Crippen molar-refractivity contribution in [2.45, 2.75) is 109 Å². The Hall–Kier alpha value is -1.15. The zero-order chi connectivity index (χ0) is 24.8. The van der Waals surface area contributed by atoms with Crippen LogP contribution in [0.25, 0.3) is 6.08 Å². The first-order valence-electron chi connectivity index (χ1n) is 11.9. The lowest BCUT2D eigenvalue weighted by atomic mass is 9.94. The van der Waals surface area contributed by atoms with Crippen molar-refractivity contribution in [3.05, 3.63) is 33.3 Å². The number of aryl methyl sites for hydroxylation is 1. The van der Waals surface area contributed by atoms with Crippen LogP contribution in [0.2, 0.25) is 0 Å². The summed E-state index contributed by atoms with van der Waals surface area (Å²) in [5, 5.41) is 24.6. The number of esters is 1. The van der Waals surface area contributed by atoms with E-state index >= 15 is 0 Å². The van der Waals surface area contributed by atoms with Crippen LogP contribution in [0.4, 0.5) is 0 Å². The quantitative estimate of drug-likeness (QED) is 0.391. The third kappa shape index (κ3) is 8.85. The van der Waals surface area contributed by atoms with E-state index in [1.807, 2.05) is 46.1 Å². The van der Waals surface area contributed by atoms with Gasteiger partial charge in [-0.2, -0.15) is 0 Å². The summed E-state index contributed by atoms with van der Waals surface area (Å²) in [6.45, 7) is 14.0. The zero-order valence-corrected chi connectivity index (χ0v) is 22.8. The number of carbonyl (C=O) groups is 1. The van der Waals surface area contributed by atoms with Crippen LogP contribution in [-0.4, -0.2) is 49.5 Å². The van der Waals surface area contributed by atoms with E-state index in [1.165, 1.54) is 17.3 Å². The lowest BCUT2D eigenvalue weighted by Crippen LogP contribution is -2.40. The fourth-order valence-electron chi connectivity index (χ4n) is 4.08. The predicted octanol–water partition coefficient (Wildman–Crippen LogP) is 5.94. The van der Waals surface area contributed by atoms with Crippen LogP contribution in [0.15, 0.2) is 22.6 Å². The Morgan fingerprint density at radius 2 is 1.97 bits per heavy atom. The highest BCUT2D eigenvalue weighted by Crippen LogP contribution is 2.37. The molecule has 1 aromatic heterocycles. The summed E-state index contributed by atoms with van der Waals surface area (Å²) >= 11 is 3.13. The van der Waals surface area contributed by atoms with Crippen molar-refractivity contribution in [2.24, 2.45) is 5.92 Å². The van der Waals surface area contributed by atoms with Crippen LogP contribution in [0.5, 0.6) is 0 Å². The number of allylic oxidation sites excluding steroid dienone is 1. The Balaban J connectivity index is 2.27. The molecule has 2 heterocycles. The minimum absolute atomic E-state index is 0.0512. The number of hydrogen-bond acceptors (Lipinski definition) is 7. The number of rotatable bonds is 2. The SMILES string of the molecule is C/C1=C/C[C@@H](/C(C)=C/c2csc(C)n2)OC(=O)CC(O)C(C)(C)SC(C)C(O)[C@@H](C)CCC1. The molecule has 186 valence electrons. The van der Waals surface area contributed by atoms with Gasteiger partial charge in [-0.05, 0) is 71.4 Å². The maximum Gasteiger partial charge on any atom is 0.309 e. The van der Waals surface area contributed by atoms with Gasteiger partial charge >= 0.3 is 5.97 Å². The van der Waals surface area contributed by atoms with Crippen LogP contribution in [0.1, 0.15) is 84.3 Å². The van der Waals surface area contributed by atoms with Crippen LogP contribution in [-0.2, 0) is 9.53 Å². The average Bonchev–Trinajstić information content (AvgIpc) is 3.13. The molecule has 2 rings (SSSR count). The predicted molar refractivity (Wildman–Crippen MR) is 140 cm³/mol. The number of aromatic nitrogens is 1. The number of carbonyl (C=O) groups excluding carboxylic acids is 1. The monoisotopic (exact) mass is 495 g/mol. The van der Waals surface area contributed by atoms with E-state index in [4.69, 9.17) is 4.74 Å². The Bertz CT molecular complexity index is 845. The normalized spacial score (nSPS) is 32.6. The van der Waals surface area contributed by atoms with Gasteiger partial charge in [0.15, 0.2) is 0 Å². The second-order valence-electron chi connectivity index (χ2n) is 9.95. The molecule has 0 bridgehead atoms. The number of cyclic esters (lactones) is 1. The number of ether oxygens (including phenoxy) is 1. The molecule has 0 saturated heterocycles. The molecule has 0 radical (unpaired) electrons. The van der Waals surface area contributed by atoms with Crippen molar-refractivity contribution in [3.8, 4) is 0 Å². The fourth-order valence-corrected chi connectivity index (χ4v) is 6.26. The van der Waals surface area contributed by atoms with Gasteiger partial charge in [0.05, 0.1) is 29.3 Å². The molecule has 1 aromatic rings. The van der Waals surface area contributed by atoms with Gasteiger partial charge in [0.1, 0.15) is 6.10 Å². The Morgan fingerprint density at radius 3 is 2.61 bits per heavy atom. The number of thioether (sulfide) groups is 1. The number of nitrogens with zero attached hydrogens (tertiary/aromatic N) is 1. The highest BCUT2D eigenvalue weighted by Gasteiger charge is 2.35. The second-order valence-corrected chi connectivity index (χ2v) is 13.0. The van der Waals surface area contributed by atoms with E-state index in [9.17, 15) is 15.0 Å². The van der Waals surface area contributed by atoms with E-state index in [1.54, 1.807) is 11.3 Å². The molecule has 1 aliphatic heterocycles. The maximum atomic E-state index is 12.8. The lowest BCUT2D eigenvalue weighted by Gasteiger charge is -2.35. The van der Waals surface area contributed by atoms with Gasteiger partial charge in [0, 0.05) is 21.8 Å². The Kier molecular flexibility index (Phi) is 10.7. The molecular formula is C26H41NO4S2. The molecule has 3 unspecified atom stereocenters. The summed E-state index contributed by atoms with van der Waals surface area (Å²) in [6.07, 6.45) is 5.79. The van der Waals surface area contributed by atoms with Gasteiger partial charge in [0.2, 0.25) is 0 Å². The van der Waals surface area contributed by atoms with E-state index in [0.717, 1.165) is 35.5 Å². The van der Waals surface area contributed by atoms with Crippen molar-refractivity contribution < 1.29 is 19.7 Å². The van der Waals surface area contributed by atoms with Crippen LogP contribution in [0, 0.1) is 12.8 Å². The van der Waals surface area contributed by atoms with Gasteiger partial charge in [-0.15, -0.1) is 23.1 Å². The summed E-state index contributed by atoms with van der Waals surface area (Å²) in [4.78, 5) is 17.3. The smallest absolute Gasteiger partial charge is 0.309 e. The Morgan fingerprint density at radius 1 is 1.27 bits per heavy atom. The first-order chi connectivity index (χ1) is 15.4. The van der Waals surface area contributed by atoms with Gasteiger partial charge in [-0.25, -0.2) is 4.98 Å². The average molecular weight is 496 g/mol. The Labute approximate surface area is 207 Å². The van der Waals surface area contributed by atoms with Crippen molar-refractivity contribution in [1.29, 1.82) is 0 Å². The van der Waals surface area contributed by atoms with Crippen LogP contribution < -0.4 is 0 Å². The van der Waals surface area contributed by atoms with Gasteiger partial charge in [-0.1, -0.05) is 25.5 Å².